The molecule has 3 N–H and O–H groups in total. The lowest BCUT2D eigenvalue weighted by atomic mass is 10.1. The summed E-state index contributed by atoms with van der Waals surface area (Å²) in [4.78, 5) is 18.1. The van der Waals surface area contributed by atoms with E-state index in [-0.39, 0.29) is 17.4 Å². The molecule has 19 heavy (non-hydrogen) atoms. The monoisotopic (exact) mass is 281 g/mol. The van der Waals surface area contributed by atoms with E-state index in [1.807, 2.05) is 6.92 Å². The van der Waals surface area contributed by atoms with Crippen LogP contribution in [0.1, 0.15) is 36.8 Å². The van der Waals surface area contributed by atoms with E-state index in [0.717, 1.165) is 0 Å². The van der Waals surface area contributed by atoms with Gasteiger partial charge in [0.05, 0.1) is 5.60 Å². The molecule has 1 rings (SSSR count). The molecule has 104 valence electrons. The van der Waals surface area contributed by atoms with Crippen LogP contribution in [0.2, 0.25) is 0 Å². The fraction of sp³-hybridized carbons (Fsp3) is 0.462. The summed E-state index contributed by atoms with van der Waals surface area (Å²) in [5.74, 6) is -0.223. The molecule has 0 aromatic carbocycles. The number of rotatable bonds is 5. The van der Waals surface area contributed by atoms with Crippen LogP contribution in [0.15, 0.2) is 18.3 Å². The van der Waals surface area contributed by atoms with E-state index in [4.69, 9.17) is 18.0 Å². The van der Waals surface area contributed by atoms with E-state index in [1.54, 1.807) is 30.9 Å². The second-order valence-electron chi connectivity index (χ2n) is 4.93. The number of pyridine rings is 1. The average molecular weight is 281 g/mol. The van der Waals surface area contributed by atoms with Gasteiger partial charge in [-0.2, -0.15) is 0 Å². The fourth-order valence-corrected chi connectivity index (χ4v) is 1.74. The summed E-state index contributed by atoms with van der Waals surface area (Å²) in [6.45, 7) is 5.92. The van der Waals surface area contributed by atoms with Crippen molar-refractivity contribution in [3.8, 4) is 0 Å². The molecule has 0 aliphatic carbocycles. The van der Waals surface area contributed by atoms with Crippen LogP contribution in [-0.4, -0.2) is 44.6 Å². The van der Waals surface area contributed by atoms with Gasteiger partial charge in [0, 0.05) is 24.8 Å². The van der Waals surface area contributed by atoms with Crippen molar-refractivity contribution in [3.05, 3.63) is 29.6 Å². The molecule has 0 unspecified atom stereocenters. The van der Waals surface area contributed by atoms with Crippen molar-refractivity contribution < 1.29 is 9.90 Å². The van der Waals surface area contributed by atoms with E-state index in [2.05, 4.69) is 4.98 Å². The Kier molecular flexibility index (Phi) is 4.97. The number of amides is 1. The summed E-state index contributed by atoms with van der Waals surface area (Å²) in [6, 6.07) is 3.25. The van der Waals surface area contributed by atoms with Gasteiger partial charge in [0.25, 0.3) is 5.91 Å². The standard InChI is InChI=1S/C13H19N3O2S/c1-4-16(8-13(2,3)18)12(17)10-6-5-9(7-15-10)11(14)19/h5-7,18H,4,8H2,1-3H3,(H2,14,19). The quantitative estimate of drug-likeness (QED) is 0.786. The minimum Gasteiger partial charge on any atom is -0.389 e. The Morgan fingerprint density at radius 1 is 1.53 bits per heavy atom. The maximum atomic E-state index is 12.2. The fourth-order valence-electron chi connectivity index (χ4n) is 1.62. The maximum absolute atomic E-state index is 12.2. The molecule has 0 aliphatic rings. The lowest BCUT2D eigenvalue weighted by molar-refractivity contribution is 0.0311. The minimum atomic E-state index is -0.940. The molecule has 0 atom stereocenters. The van der Waals surface area contributed by atoms with E-state index < -0.39 is 5.60 Å². The van der Waals surface area contributed by atoms with Crippen LogP contribution in [0.25, 0.3) is 0 Å². The van der Waals surface area contributed by atoms with Crippen LogP contribution in [0.4, 0.5) is 0 Å². The first-order chi connectivity index (χ1) is 8.74. The van der Waals surface area contributed by atoms with Crippen LogP contribution in [0, 0.1) is 0 Å². The highest BCUT2D eigenvalue weighted by molar-refractivity contribution is 7.80. The third-order valence-electron chi connectivity index (χ3n) is 2.51. The zero-order chi connectivity index (χ0) is 14.6. The molecule has 0 saturated carbocycles. The lowest BCUT2D eigenvalue weighted by Crippen LogP contribution is -2.42. The number of carbonyl (C=O) groups is 1. The number of aliphatic hydroxyl groups is 1. The number of hydrogen-bond acceptors (Lipinski definition) is 4. The van der Waals surface area contributed by atoms with E-state index in [1.165, 1.54) is 6.20 Å². The van der Waals surface area contributed by atoms with E-state index in [0.29, 0.717) is 17.8 Å². The van der Waals surface area contributed by atoms with E-state index >= 15 is 0 Å². The van der Waals surface area contributed by atoms with Crippen molar-refractivity contribution in [1.82, 2.24) is 9.88 Å². The van der Waals surface area contributed by atoms with Gasteiger partial charge in [0.1, 0.15) is 10.7 Å². The number of carbonyl (C=O) groups excluding carboxylic acids is 1. The third-order valence-corrected chi connectivity index (χ3v) is 2.75. The van der Waals surface area contributed by atoms with Crippen molar-refractivity contribution in [2.45, 2.75) is 26.4 Å². The van der Waals surface area contributed by atoms with Crippen LogP contribution in [-0.2, 0) is 0 Å². The Hall–Kier alpha value is -1.53. The first-order valence-corrected chi connectivity index (χ1v) is 6.43. The predicted octanol–water partition coefficient (Wildman–Crippen LogP) is 0.949. The van der Waals surface area contributed by atoms with Gasteiger partial charge in [0.2, 0.25) is 0 Å². The van der Waals surface area contributed by atoms with Gasteiger partial charge in [-0.1, -0.05) is 12.2 Å². The first-order valence-electron chi connectivity index (χ1n) is 6.02. The molecular formula is C13H19N3O2S. The zero-order valence-corrected chi connectivity index (χ0v) is 12.2. The van der Waals surface area contributed by atoms with Crippen molar-refractivity contribution in [2.24, 2.45) is 5.73 Å². The molecule has 0 radical (unpaired) electrons. The highest BCUT2D eigenvalue weighted by Crippen LogP contribution is 2.09. The smallest absolute Gasteiger partial charge is 0.272 e. The highest BCUT2D eigenvalue weighted by Gasteiger charge is 2.22. The van der Waals surface area contributed by atoms with Crippen molar-refractivity contribution in [3.63, 3.8) is 0 Å². The third kappa shape index (κ3) is 4.57. The van der Waals surface area contributed by atoms with Gasteiger partial charge in [-0.3, -0.25) is 9.78 Å². The number of hydrogen-bond donors (Lipinski definition) is 2. The van der Waals surface area contributed by atoms with Gasteiger partial charge in [0.15, 0.2) is 0 Å². The number of nitrogens with zero attached hydrogens (tertiary/aromatic N) is 2. The number of thiocarbonyl (C=S) groups is 1. The Morgan fingerprint density at radius 3 is 2.53 bits per heavy atom. The number of nitrogens with two attached hydrogens (primary N) is 1. The van der Waals surface area contributed by atoms with Crippen LogP contribution in [0.3, 0.4) is 0 Å². The predicted molar refractivity (Wildman–Crippen MR) is 78.0 cm³/mol. The Morgan fingerprint density at radius 2 is 2.16 bits per heavy atom. The molecule has 0 bridgehead atoms. The molecule has 6 heteroatoms. The minimum absolute atomic E-state index is 0.223. The van der Waals surface area contributed by atoms with Crippen molar-refractivity contribution in [1.29, 1.82) is 0 Å². The summed E-state index contributed by atoms with van der Waals surface area (Å²) in [6.07, 6.45) is 1.48. The Bertz CT molecular complexity index is 466. The Labute approximate surface area is 118 Å². The second-order valence-corrected chi connectivity index (χ2v) is 5.37. The van der Waals surface area contributed by atoms with E-state index in [9.17, 15) is 9.90 Å². The van der Waals surface area contributed by atoms with Gasteiger partial charge >= 0.3 is 0 Å². The zero-order valence-electron chi connectivity index (χ0n) is 11.4. The van der Waals surface area contributed by atoms with Crippen molar-refractivity contribution in [2.75, 3.05) is 13.1 Å². The van der Waals surface area contributed by atoms with Gasteiger partial charge in [-0.15, -0.1) is 0 Å². The summed E-state index contributed by atoms with van der Waals surface area (Å²) in [5.41, 5.74) is 5.47. The Balaban J connectivity index is 2.88. The molecule has 0 saturated heterocycles. The van der Waals surface area contributed by atoms with Crippen LogP contribution >= 0.6 is 12.2 Å². The van der Waals surface area contributed by atoms with Gasteiger partial charge in [-0.05, 0) is 32.9 Å². The largest absolute Gasteiger partial charge is 0.389 e. The number of likely N-dealkylation sites (N-methyl/N-ethyl adjacent to an activating group) is 1. The first kappa shape index (κ1) is 15.5. The number of aromatic nitrogens is 1. The summed E-state index contributed by atoms with van der Waals surface area (Å²) in [5, 5.41) is 9.78. The summed E-state index contributed by atoms with van der Waals surface area (Å²) >= 11 is 4.83. The molecule has 0 fully saturated rings. The lowest BCUT2D eigenvalue weighted by Gasteiger charge is -2.27. The van der Waals surface area contributed by atoms with Crippen molar-refractivity contribution >= 4 is 23.1 Å². The second kappa shape index (κ2) is 6.08. The molecule has 0 spiro atoms. The van der Waals surface area contributed by atoms with Gasteiger partial charge in [-0.25, -0.2) is 0 Å². The molecule has 1 amide bonds. The molecule has 1 aromatic heterocycles. The van der Waals surface area contributed by atoms with Crippen LogP contribution < -0.4 is 5.73 Å². The topological polar surface area (TPSA) is 79.5 Å². The maximum Gasteiger partial charge on any atom is 0.272 e. The van der Waals surface area contributed by atoms with Gasteiger partial charge < -0.3 is 15.7 Å². The average Bonchev–Trinajstić information content (AvgIpc) is 2.34. The molecule has 0 aliphatic heterocycles. The summed E-state index contributed by atoms with van der Waals surface area (Å²) < 4.78 is 0. The highest BCUT2D eigenvalue weighted by atomic mass is 32.1. The molecule has 1 aromatic rings. The normalized spacial score (nSPS) is 11.2. The molecule has 1 heterocycles. The molecular weight excluding hydrogens is 262 g/mol. The van der Waals surface area contributed by atoms with Crippen LogP contribution in [0.5, 0.6) is 0 Å². The molecule has 5 nitrogen and oxygen atoms in total. The SMILES string of the molecule is CCN(CC(C)(C)O)C(=O)c1ccc(C(N)=S)cn1. The summed E-state index contributed by atoms with van der Waals surface area (Å²) in [7, 11) is 0.